The minimum atomic E-state index is -1.56. The van der Waals surface area contributed by atoms with Crippen molar-refractivity contribution < 1.29 is 24.2 Å². The van der Waals surface area contributed by atoms with Crippen molar-refractivity contribution in [3.05, 3.63) is 65.2 Å². The molecule has 39 heavy (non-hydrogen) atoms. The molecular formula is C28H36N6O5. The average Bonchev–Trinajstić information content (AvgIpc) is 2.92. The van der Waals surface area contributed by atoms with Gasteiger partial charge in [-0.3, -0.25) is 15.0 Å². The molecule has 2 fully saturated rings. The van der Waals surface area contributed by atoms with Crippen LogP contribution in [0.15, 0.2) is 48.5 Å². The summed E-state index contributed by atoms with van der Waals surface area (Å²) in [6, 6.07) is 12.7. The summed E-state index contributed by atoms with van der Waals surface area (Å²) in [5.74, 6) is -1.49. The number of nitrogen functional groups attached to an aromatic ring is 1. The maximum atomic E-state index is 13.6. The van der Waals surface area contributed by atoms with E-state index in [0.717, 1.165) is 5.56 Å². The summed E-state index contributed by atoms with van der Waals surface area (Å²) in [5, 5.41) is 24.6. The number of rotatable bonds is 10. The van der Waals surface area contributed by atoms with Gasteiger partial charge in [0, 0.05) is 31.7 Å². The number of hydrogen-bond donors (Lipinski definition) is 5. The molecule has 0 aliphatic carbocycles. The predicted octanol–water partition coefficient (Wildman–Crippen LogP) is 0.649. The van der Waals surface area contributed by atoms with E-state index in [-0.39, 0.29) is 43.8 Å². The van der Waals surface area contributed by atoms with Crippen LogP contribution in [-0.2, 0) is 19.9 Å². The second kappa shape index (κ2) is 11.8. The molecule has 3 unspecified atom stereocenters. The first-order valence-corrected chi connectivity index (χ1v) is 13.1. The van der Waals surface area contributed by atoms with Gasteiger partial charge in [-0.05, 0) is 43.2 Å². The number of benzene rings is 2. The Bertz CT molecular complexity index is 1240. The van der Waals surface area contributed by atoms with Crippen molar-refractivity contribution >= 4 is 23.6 Å². The maximum Gasteiger partial charge on any atom is 0.329 e. The van der Waals surface area contributed by atoms with Crippen LogP contribution in [0.1, 0.15) is 30.0 Å². The van der Waals surface area contributed by atoms with E-state index in [1.165, 1.54) is 4.90 Å². The van der Waals surface area contributed by atoms with E-state index >= 15 is 0 Å². The van der Waals surface area contributed by atoms with Crippen molar-refractivity contribution in [1.82, 2.24) is 20.4 Å². The Labute approximate surface area is 227 Å². The summed E-state index contributed by atoms with van der Waals surface area (Å²) in [7, 11) is 0. The molecule has 0 aromatic heterocycles. The number of piperazine rings is 2. The third-order valence-electron chi connectivity index (χ3n) is 7.41. The summed E-state index contributed by atoms with van der Waals surface area (Å²) in [6.07, 6.45) is -0.516. The summed E-state index contributed by atoms with van der Waals surface area (Å²) in [4.78, 5) is 43.2. The molecule has 4 rings (SSSR count). The number of amides is 2. The van der Waals surface area contributed by atoms with Crippen molar-refractivity contribution in [2.45, 2.75) is 38.0 Å². The number of carbonyl (C=O) groups excluding carboxylic acids is 2. The smallest absolute Gasteiger partial charge is 0.329 e. The number of nitrogens with one attached hydrogen (secondary N) is 3. The molecule has 2 amide bonds. The second-order valence-corrected chi connectivity index (χ2v) is 9.87. The minimum absolute atomic E-state index is 0.00728. The van der Waals surface area contributed by atoms with Gasteiger partial charge < -0.3 is 36.0 Å². The van der Waals surface area contributed by atoms with Crippen LogP contribution >= 0.6 is 0 Å². The second-order valence-electron chi connectivity index (χ2n) is 9.87. The van der Waals surface area contributed by atoms with Crippen LogP contribution in [0.4, 0.5) is 0 Å². The van der Waals surface area contributed by atoms with E-state index in [0.29, 0.717) is 36.4 Å². The molecule has 2 heterocycles. The standard InChI is InChI=1S/C28H36N6O5/c1-3-22(39-21-9-7-19(8-10-21)26(29)30)28(20-6-4-5-18(2)15-20,34-14-12-32-17-24(34)36)25(27(37)38)33-13-11-31-16-23(33)35/h4-10,15,22,25,31-32H,3,11-14,16-17H2,1-2H3,(H3,29,30)(H,37,38). The molecule has 3 atom stereocenters. The molecule has 0 saturated carbocycles. The molecule has 2 aliphatic heterocycles. The van der Waals surface area contributed by atoms with Crippen LogP contribution in [-0.4, -0.2) is 89.9 Å². The zero-order chi connectivity index (χ0) is 28.2. The third-order valence-corrected chi connectivity index (χ3v) is 7.41. The Morgan fingerprint density at radius 1 is 1.10 bits per heavy atom. The van der Waals surface area contributed by atoms with Gasteiger partial charge in [0.15, 0.2) is 6.04 Å². The molecule has 2 aromatic carbocycles. The Balaban J connectivity index is 1.98. The van der Waals surface area contributed by atoms with Gasteiger partial charge in [0.1, 0.15) is 23.2 Å². The summed E-state index contributed by atoms with van der Waals surface area (Å²) in [6.45, 7) is 5.13. The number of nitrogens with two attached hydrogens (primary N) is 1. The molecule has 2 aliphatic rings. The van der Waals surface area contributed by atoms with Gasteiger partial charge in [-0.1, -0.05) is 36.8 Å². The first-order chi connectivity index (χ1) is 18.7. The minimum Gasteiger partial charge on any atom is -0.488 e. The number of aliphatic carboxylic acids is 1. The Morgan fingerprint density at radius 3 is 2.33 bits per heavy atom. The number of aryl methyl sites for hydroxylation is 1. The lowest BCUT2D eigenvalue weighted by molar-refractivity contribution is -0.173. The zero-order valence-electron chi connectivity index (χ0n) is 22.3. The number of ether oxygens (including phenoxy) is 1. The van der Waals surface area contributed by atoms with E-state index in [9.17, 15) is 19.5 Å². The number of hydrogen-bond acceptors (Lipinski definition) is 7. The monoisotopic (exact) mass is 536 g/mol. The lowest BCUT2D eigenvalue weighted by Gasteiger charge is -2.55. The normalized spacial score (nSPS) is 19.2. The lowest BCUT2D eigenvalue weighted by Crippen LogP contribution is -2.74. The van der Waals surface area contributed by atoms with Crippen LogP contribution in [0.5, 0.6) is 5.75 Å². The van der Waals surface area contributed by atoms with Gasteiger partial charge in [-0.25, -0.2) is 4.79 Å². The van der Waals surface area contributed by atoms with Gasteiger partial charge in [-0.2, -0.15) is 0 Å². The fourth-order valence-corrected chi connectivity index (χ4v) is 5.70. The fourth-order valence-electron chi connectivity index (χ4n) is 5.70. The van der Waals surface area contributed by atoms with Gasteiger partial charge in [-0.15, -0.1) is 0 Å². The van der Waals surface area contributed by atoms with Crippen molar-refractivity contribution in [2.24, 2.45) is 5.73 Å². The van der Waals surface area contributed by atoms with Crippen molar-refractivity contribution in [3.63, 3.8) is 0 Å². The molecule has 2 saturated heterocycles. The summed E-state index contributed by atoms with van der Waals surface area (Å²) in [5.41, 5.74) is 6.05. The van der Waals surface area contributed by atoms with E-state index in [2.05, 4.69) is 10.6 Å². The highest BCUT2D eigenvalue weighted by molar-refractivity contribution is 5.95. The van der Waals surface area contributed by atoms with Gasteiger partial charge >= 0.3 is 5.97 Å². The molecule has 6 N–H and O–H groups in total. The number of carbonyl (C=O) groups is 3. The SMILES string of the molecule is CCC(Oc1ccc(C(=N)N)cc1)C(c1cccc(C)c1)(C(C(=O)O)N1CCNCC1=O)N1CCNCC1=O. The lowest BCUT2D eigenvalue weighted by atomic mass is 9.73. The molecule has 11 nitrogen and oxygen atoms in total. The first-order valence-electron chi connectivity index (χ1n) is 13.1. The molecule has 0 spiro atoms. The summed E-state index contributed by atoms with van der Waals surface area (Å²) < 4.78 is 6.57. The van der Waals surface area contributed by atoms with Gasteiger partial charge in [0.2, 0.25) is 11.8 Å². The van der Waals surface area contributed by atoms with E-state index in [4.69, 9.17) is 15.9 Å². The van der Waals surface area contributed by atoms with E-state index in [1.54, 1.807) is 29.2 Å². The van der Waals surface area contributed by atoms with Gasteiger partial charge in [0.25, 0.3) is 0 Å². The van der Waals surface area contributed by atoms with Crippen molar-refractivity contribution in [2.75, 3.05) is 39.3 Å². The van der Waals surface area contributed by atoms with Crippen LogP contribution in [0.25, 0.3) is 0 Å². The zero-order valence-corrected chi connectivity index (χ0v) is 22.3. The van der Waals surface area contributed by atoms with E-state index < -0.39 is 23.7 Å². The van der Waals surface area contributed by atoms with Crippen LogP contribution in [0.2, 0.25) is 0 Å². The highest BCUT2D eigenvalue weighted by atomic mass is 16.5. The molecule has 2 aromatic rings. The molecule has 208 valence electrons. The predicted molar refractivity (Wildman–Crippen MR) is 146 cm³/mol. The fraction of sp³-hybridized carbons (Fsp3) is 0.429. The van der Waals surface area contributed by atoms with Crippen LogP contribution in [0.3, 0.4) is 0 Å². The Kier molecular flexibility index (Phi) is 8.51. The summed E-state index contributed by atoms with van der Waals surface area (Å²) >= 11 is 0. The van der Waals surface area contributed by atoms with E-state index in [1.807, 2.05) is 38.1 Å². The highest BCUT2D eigenvalue weighted by Crippen LogP contribution is 2.43. The molecule has 0 bridgehead atoms. The Hall–Kier alpha value is -3.96. The average molecular weight is 537 g/mol. The third kappa shape index (κ3) is 5.45. The molecular weight excluding hydrogens is 500 g/mol. The highest BCUT2D eigenvalue weighted by Gasteiger charge is 2.60. The molecule has 11 heteroatoms. The number of nitrogens with zero attached hydrogens (tertiary/aromatic N) is 2. The number of carboxylic acid groups (broad SMARTS) is 1. The quantitative estimate of drug-likeness (QED) is 0.218. The van der Waals surface area contributed by atoms with Crippen molar-refractivity contribution in [1.29, 1.82) is 5.41 Å². The van der Waals surface area contributed by atoms with Gasteiger partial charge in [0.05, 0.1) is 13.1 Å². The maximum absolute atomic E-state index is 13.6. The Morgan fingerprint density at radius 2 is 1.77 bits per heavy atom. The number of carboxylic acids is 1. The topological polar surface area (TPSA) is 161 Å². The van der Waals surface area contributed by atoms with Crippen LogP contribution < -0.4 is 21.1 Å². The first kappa shape index (κ1) is 28.1. The number of amidine groups is 1. The van der Waals surface area contributed by atoms with Crippen molar-refractivity contribution in [3.8, 4) is 5.75 Å². The molecule has 0 radical (unpaired) electrons. The largest absolute Gasteiger partial charge is 0.488 e. The van der Waals surface area contributed by atoms with Crippen LogP contribution in [0, 0.1) is 12.3 Å².